The predicted octanol–water partition coefficient (Wildman–Crippen LogP) is 1.12. The van der Waals surface area contributed by atoms with Gasteiger partial charge in [0, 0.05) is 44.0 Å². The van der Waals surface area contributed by atoms with Crippen LogP contribution >= 0.6 is 0 Å². The minimum absolute atomic E-state index is 0.0439. The number of carbonyl (C=O) groups excluding carboxylic acids is 1. The number of amides is 1. The summed E-state index contributed by atoms with van der Waals surface area (Å²) >= 11 is 0. The fraction of sp³-hybridized carbons (Fsp3) is 0.600. The molecule has 4 rings (SSSR count). The second kappa shape index (κ2) is 7.77. The third-order valence-corrected chi connectivity index (χ3v) is 6.07. The molecule has 1 fully saturated rings. The molecule has 8 nitrogen and oxygen atoms in total. The molecule has 1 amide bonds. The van der Waals surface area contributed by atoms with Gasteiger partial charge >= 0.3 is 5.69 Å². The normalized spacial score (nSPS) is 16.5. The summed E-state index contributed by atoms with van der Waals surface area (Å²) in [6.07, 6.45) is 9.28. The fourth-order valence-electron chi connectivity index (χ4n) is 4.60. The lowest BCUT2D eigenvalue weighted by Gasteiger charge is -2.29. The Balaban J connectivity index is 1.51. The monoisotopic (exact) mass is 385 g/mol. The van der Waals surface area contributed by atoms with E-state index in [-0.39, 0.29) is 24.9 Å². The van der Waals surface area contributed by atoms with Gasteiger partial charge in [-0.05, 0) is 37.7 Å². The number of nitrogens with zero attached hydrogens (tertiary/aromatic N) is 4. The van der Waals surface area contributed by atoms with E-state index in [1.165, 1.54) is 28.1 Å². The lowest BCUT2D eigenvalue weighted by atomic mass is 10.1. The van der Waals surface area contributed by atoms with Crippen LogP contribution in [0.3, 0.4) is 0 Å². The Morgan fingerprint density at radius 3 is 2.79 bits per heavy atom. The van der Waals surface area contributed by atoms with Crippen LogP contribution in [-0.2, 0) is 37.8 Å². The van der Waals surface area contributed by atoms with Gasteiger partial charge in [-0.25, -0.2) is 4.79 Å². The van der Waals surface area contributed by atoms with Gasteiger partial charge in [-0.2, -0.15) is 5.10 Å². The van der Waals surface area contributed by atoms with Gasteiger partial charge in [-0.1, -0.05) is 12.8 Å². The van der Waals surface area contributed by atoms with Crippen LogP contribution in [0.4, 0.5) is 0 Å². The van der Waals surface area contributed by atoms with Gasteiger partial charge in [0.1, 0.15) is 0 Å². The molecule has 2 aromatic rings. The highest BCUT2D eigenvalue weighted by Gasteiger charge is 2.29. The summed E-state index contributed by atoms with van der Waals surface area (Å²) < 4.78 is 3.35. The van der Waals surface area contributed by atoms with E-state index in [9.17, 15) is 14.4 Å². The molecular formula is C20H27N5O3. The van der Waals surface area contributed by atoms with Crippen molar-refractivity contribution in [3.05, 3.63) is 50.1 Å². The van der Waals surface area contributed by atoms with Crippen molar-refractivity contribution in [3.63, 3.8) is 0 Å². The largest absolute Gasteiger partial charge is 0.334 e. The van der Waals surface area contributed by atoms with Crippen LogP contribution in [0.15, 0.2) is 21.9 Å². The maximum atomic E-state index is 13.1. The predicted molar refractivity (Wildman–Crippen MR) is 104 cm³/mol. The number of aromatic nitrogens is 4. The quantitative estimate of drug-likeness (QED) is 0.806. The van der Waals surface area contributed by atoms with Crippen molar-refractivity contribution in [1.82, 2.24) is 24.2 Å². The standard InChI is InChI=1S/C20H27N5O3/c1-23-17-8-4-7-15(17)16(22-23)13-25(14-5-2-3-6-14)19(27)10-12-24-11-9-18(26)21-20(24)28/h9,11,14H,2-8,10,12-13H2,1H3,(H,21,26,28). The first kappa shape index (κ1) is 18.7. The van der Waals surface area contributed by atoms with Crippen LogP contribution in [0.25, 0.3) is 0 Å². The molecule has 0 aliphatic heterocycles. The molecule has 2 aliphatic rings. The Kier molecular flexibility index (Phi) is 5.19. The minimum atomic E-state index is -0.477. The van der Waals surface area contributed by atoms with E-state index in [4.69, 9.17) is 5.10 Å². The Morgan fingerprint density at radius 2 is 2.04 bits per heavy atom. The first-order chi connectivity index (χ1) is 13.5. The van der Waals surface area contributed by atoms with E-state index in [2.05, 4.69) is 4.98 Å². The summed E-state index contributed by atoms with van der Waals surface area (Å²) in [7, 11) is 1.98. The maximum Gasteiger partial charge on any atom is 0.328 e. The lowest BCUT2D eigenvalue weighted by molar-refractivity contribution is -0.134. The SMILES string of the molecule is Cn1nc(CN(C(=O)CCn2ccc(=O)[nH]c2=O)C2CCCC2)c2c1CCC2. The fourth-order valence-corrected chi connectivity index (χ4v) is 4.60. The Bertz CT molecular complexity index is 980. The molecule has 0 atom stereocenters. The van der Waals surface area contributed by atoms with Crippen LogP contribution in [0.1, 0.15) is 55.5 Å². The number of aromatic amines is 1. The van der Waals surface area contributed by atoms with Gasteiger partial charge in [0.25, 0.3) is 5.56 Å². The van der Waals surface area contributed by atoms with Gasteiger partial charge in [-0.15, -0.1) is 0 Å². The Labute approximate surface area is 163 Å². The summed E-state index contributed by atoms with van der Waals surface area (Å²) in [5.41, 5.74) is 2.74. The number of hydrogen-bond acceptors (Lipinski definition) is 4. The maximum absolute atomic E-state index is 13.1. The molecule has 0 spiro atoms. The van der Waals surface area contributed by atoms with Crippen LogP contribution < -0.4 is 11.2 Å². The van der Waals surface area contributed by atoms with Crippen molar-refractivity contribution in [2.24, 2.45) is 7.05 Å². The number of rotatable bonds is 6. The number of nitrogens with one attached hydrogen (secondary N) is 1. The highest BCUT2D eigenvalue weighted by molar-refractivity contribution is 5.76. The molecule has 150 valence electrons. The highest BCUT2D eigenvalue weighted by atomic mass is 16.2. The van der Waals surface area contributed by atoms with Crippen molar-refractivity contribution < 1.29 is 4.79 Å². The second-order valence-electron chi connectivity index (χ2n) is 7.86. The lowest BCUT2D eigenvalue weighted by Crippen LogP contribution is -2.39. The Morgan fingerprint density at radius 1 is 1.25 bits per heavy atom. The molecular weight excluding hydrogens is 358 g/mol. The van der Waals surface area contributed by atoms with E-state index in [1.807, 2.05) is 16.6 Å². The van der Waals surface area contributed by atoms with E-state index >= 15 is 0 Å². The van der Waals surface area contributed by atoms with E-state index in [1.54, 1.807) is 0 Å². The zero-order valence-corrected chi connectivity index (χ0v) is 16.3. The molecule has 2 aliphatic carbocycles. The third-order valence-electron chi connectivity index (χ3n) is 6.07. The highest BCUT2D eigenvalue weighted by Crippen LogP contribution is 2.29. The number of fused-ring (bicyclic) bond motifs is 1. The molecule has 2 heterocycles. The summed E-state index contributed by atoms with van der Waals surface area (Å²) in [5.74, 6) is 0.0439. The molecule has 0 saturated heterocycles. The van der Waals surface area contributed by atoms with Crippen molar-refractivity contribution in [2.75, 3.05) is 0 Å². The van der Waals surface area contributed by atoms with Crippen molar-refractivity contribution in [2.45, 2.75) is 70.5 Å². The number of hydrogen-bond donors (Lipinski definition) is 1. The summed E-state index contributed by atoms with van der Waals surface area (Å²) in [6, 6.07) is 1.55. The average molecular weight is 385 g/mol. The molecule has 0 unspecified atom stereocenters. The average Bonchev–Trinajstić information content (AvgIpc) is 3.39. The molecule has 0 bridgehead atoms. The van der Waals surface area contributed by atoms with Gasteiger partial charge < -0.3 is 9.47 Å². The molecule has 1 saturated carbocycles. The zero-order valence-electron chi connectivity index (χ0n) is 16.3. The first-order valence-electron chi connectivity index (χ1n) is 10.2. The second-order valence-corrected chi connectivity index (χ2v) is 7.86. The van der Waals surface area contributed by atoms with Gasteiger partial charge in [0.2, 0.25) is 5.91 Å². The summed E-state index contributed by atoms with van der Waals surface area (Å²) in [4.78, 5) is 40.4. The van der Waals surface area contributed by atoms with Crippen LogP contribution in [0.2, 0.25) is 0 Å². The van der Waals surface area contributed by atoms with Crippen molar-refractivity contribution >= 4 is 5.91 Å². The molecule has 0 radical (unpaired) electrons. The third kappa shape index (κ3) is 3.68. The van der Waals surface area contributed by atoms with E-state index in [0.29, 0.717) is 6.54 Å². The van der Waals surface area contributed by atoms with Gasteiger partial charge in [0.15, 0.2) is 0 Å². The first-order valence-corrected chi connectivity index (χ1v) is 10.2. The molecule has 0 aromatic carbocycles. The Hall–Kier alpha value is -2.64. The van der Waals surface area contributed by atoms with Crippen molar-refractivity contribution in [1.29, 1.82) is 0 Å². The molecule has 28 heavy (non-hydrogen) atoms. The number of carbonyl (C=O) groups is 1. The minimum Gasteiger partial charge on any atom is -0.334 e. The summed E-state index contributed by atoms with van der Waals surface area (Å²) in [6.45, 7) is 0.811. The van der Waals surface area contributed by atoms with E-state index in [0.717, 1.165) is 50.6 Å². The van der Waals surface area contributed by atoms with Gasteiger partial charge in [-0.3, -0.25) is 19.3 Å². The van der Waals surface area contributed by atoms with Crippen LogP contribution in [0.5, 0.6) is 0 Å². The van der Waals surface area contributed by atoms with E-state index < -0.39 is 11.2 Å². The number of aryl methyl sites for hydroxylation is 2. The summed E-state index contributed by atoms with van der Waals surface area (Å²) in [5, 5.41) is 4.70. The molecule has 1 N–H and O–H groups in total. The van der Waals surface area contributed by atoms with Crippen LogP contribution in [-0.4, -0.2) is 36.2 Å². The van der Waals surface area contributed by atoms with Crippen LogP contribution in [0, 0.1) is 0 Å². The smallest absolute Gasteiger partial charge is 0.328 e. The molecule has 8 heteroatoms. The zero-order chi connectivity index (χ0) is 19.7. The van der Waals surface area contributed by atoms with Gasteiger partial charge in [0.05, 0.1) is 12.2 Å². The topological polar surface area (TPSA) is 93.0 Å². The molecule has 2 aromatic heterocycles. The number of H-pyrrole nitrogens is 1. The van der Waals surface area contributed by atoms with Crippen molar-refractivity contribution in [3.8, 4) is 0 Å².